The zero-order chi connectivity index (χ0) is 35.6. The summed E-state index contributed by atoms with van der Waals surface area (Å²) in [4.78, 5) is 0. The molecule has 0 atom stereocenters. The molecular weight excluding hydrogens is 991 g/mol. The molecule has 276 valence electrons. The second-order valence-electron chi connectivity index (χ2n) is 5.51. The van der Waals surface area contributed by atoms with E-state index in [1.165, 1.54) is 0 Å². The molecule has 0 fully saturated rings. The molecule has 0 saturated carbocycles. The van der Waals surface area contributed by atoms with Crippen molar-refractivity contribution in [3.8, 4) is 0 Å². The molecular formula is C2H12AuF30NP6. The summed E-state index contributed by atoms with van der Waals surface area (Å²) < 4.78 is 298. The Labute approximate surface area is 214 Å². The van der Waals surface area contributed by atoms with E-state index in [-0.39, 0.29) is 9.90 Å². The van der Waals surface area contributed by atoms with Crippen molar-refractivity contribution in [2.24, 2.45) is 0 Å². The van der Waals surface area contributed by atoms with Gasteiger partial charge in [-0.3, -0.25) is 9.90 Å². The van der Waals surface area contributed by atoms with Gasteiger partial charge in [0.25, 0.3) is 0 Å². The molecule has 0 amide bonds. The molecule has 0 aromatic carbocycles. The first kappa shape index (κ1) is 56.9. The molecule has 0 radical (unpaired) electrons. The van der Waals surface area contributed by atoms with Crippen LogP contribution in [-0.2, 0) is 21.3 Å². The summed E-state index contributed by atoms with van der Waals surface area (Å²) in [5, 5.41) is 0. The maximum absolute atomic E-state index is 10.7. The number of hydrogen-bond donors (Lipinski definition) is 0. The van der Waals surface area contributed by atoms with Gasteiger partial charge in [0.15, 0.2) is 0 Å². The van der Waals surface area contributed by atoms with Crippen molar-refractivity contribution in [2.75, 3.05) is 14.1 Å². The summed E-state index contributed by atoms with van der Waals surface area (Å²) in [6, 6.07) is 0. The van der Waals surface area contributed by atoms with Crippen molar-refractivity contribution in [1.82, 2.24) is 3.30 Å². The van der Waals surface area contributed by atoms with Crippen LogP contribution >= 0.6 is 48.9 Å². The van der Waals surface area contributed by atoms with Crippen molar-refractivity contribution < 1.29 is 147 Å². The summed E-state index contributed by atoms with van der Waals surface area (Å²) in [5.74, 6) is 0. The summed E-state index contributed by atoms with van der Waals surface area (Å²) in [6.07, 6.45) is 0. The fourth-order valence-corrected chi connectivity index (χ4v) is 0. The molecule has 0 aliphatic rings. The minimum absolute atomic E-state index is 0. The fraction of sp³-hybridized carbons (Fsp3) is 1.00. The molecule has 0 aliphatic heterocycles. The Bertz CT molecular complexity index is 557. The average molecular weight is 1000 g/mol. The van der Waals surface area contributed by atoms with E-state index < -0.39 is 39.0 Å². The Morgan fingerprint density at radius 1 is 0.275 bits per heavy atom. The normalized spacial score (nSPS) is 21.2. The summed E-state index contributed by atoms with van der Waals surface area (Å²) in [7, 11) is -49.3. The van der Waals surface area contributed by atoms with Gasteiger partial charge in [-0.1, -0.05) is 0 Å². The van der Waals surface area contributed by atoms with Crippen LogP contribution in [0.1, 0.15) is 0 Å². The van der Waals surface area contributed by atoms with Crippen molar-refractivity contribution in [3.63, 3.8) is 0 Å². The molecule has 40 heavy (non-hydrogen) atoms. The molecule has 0 N–H and O–H groups in total. The van der Waals surface area contributed by atoms with Crippen LogP contribution in [-0.4, -0.2) is 17.4 Å². The van der Waals surface area contributed by atoms with Crippen LogP contribution in [0.25, 0.3) is 0 Å². The van der Waals surface area contributed by atoms with Gasteiger partial charge < -0.3 is 0 Å². The first-order chi connectivity index (χ1) is 14.0. The second-order valence-corrected chi connectivity index (χ2v) is 17.0. The largest absolute Gasteiger partial charge is 0.295 e. The van der Waals surface area contributed by atoms with Gasteiger partial charge in [0.1, 0.15) is 0 Å². The predicted molar refractivity (Wildman–Crippen MR) is 96.8 cm³/mol. The Kier molecular flexibility index (Phi) is 14.0. The maximum atomic E-state index is 9.87. The molecule has 0 bridgehead atoms. The topological polar surface area (TPSA) is 3.24 Å². The molecule has 0 saturated heterocycles. The van der Waals surface area contributed by atoms with E-state index in [1.807, 2.05) is 17.4 Å². The van der Waals surface area contributed by atoms with Crippen molar-refractivity contribution in [1.29, 1.82) is 0 Å². The van der Waals surface area contributed by atoms with E-state index in [0.717, 1.165) is 0 Å². The zero-order valence-corrected chi connectivity index (χ0v) is 23.0. The molecule has 0 spiro atoms. The molecule has 0 rings (SSSR count). The molecule has 0 aromatic rings. The van der Waals surface area contributed by atoms with Crippen LogP contribution in [0.3, 0.4) is 0 Å². The minimum Gasteiger partial charge on any atom is -0.295 e. The van der Waals surface area contributed by atoms with Crippen LogP contribution in [0.5, 0.6) is 0 Å². The Morgan fingerprint density at radius 3 is 0.275 bits per heavy atom. The van der Waals surface area contributed by atoms with Gasteiger partial charge in [0.2, 0.25) is 0 Å². The summed E-state index contributed by atoms with van der Waals surface area (Å²) >= 11 is 2.33. The predicted octanol–water partition coefficient (Wildman–Crippen LogP) is 16.2. The Morgan fingerprint density at radius 2 is 0.275 bits per heavy atom. The van der Waals surface area contributed by atoms with Crippen LogP contribution in [0.15, 0.2) is 0 Å². The Hall–Kier alpha value is 1.18. The Balaban J connectivity index is -0.0000000655. The van der Waals surface area contributed by atoms with Crippen molar-refractivity contribution >= 4 is 48.9 Å². The van der Waals surface area contributed by atoms with Crippen LogP contribution in [0.4, 0.5) is 126 Å². The van der Waals surface area contributed by atoms with Crippen molar-refractivity contribution in [3.05, 3.63) is 0 Å². The van der Waals surface area contributed by atoms with E-state index >= 15 is 0 Å². The third-order valence-corrected chi connectivity index (χ3v) is 0. The number of hydrogen-bond acceptors (Lipinski definition) is 1. The molecule has 1 nitrogen and oxygen atoms in total. The van der Waals surface area contributed by atoms with E-state index in [4.69, 9.17) is 0 Å². The maximum Gasteiger partial charge on any atom is -0.295 e. The van der Waals surface area contributed by atoms with Crippen LogP contribution in [0.2, 0.25) is 0 Å². The number of nitrogens with zero attached hydrogens (tertiary/aromatic N) is 1. The van der Waals surface area contributed by atoms with Gasteiger partial charge >= 0.3 is 204 Å². The van der Waals surface area contributed by atoms with Gasteiger partial charge in [0.05, 0.1) is 0 Å². The van der Waals surface area contributed by atoms with Gasteiger partial charge in [-0.2, -0.15) is 0 Å². The van der Waals surface area contributed by atoms with Gasteiger partial charge in [0, 0.05) is 0 Å². The second kappa shape index (κ2) is 9.84. The molecule has 0 unspecified atom stereocenters. The van der Waals surface area contributed by atoms with Crippen molar-refractivity contribution in [2.45, 2.75) is 0 Å². The fourth-order valence-electron chi connectivity index (χ4n) is 0. The third kappa shape index (κ3) is 41000. The van der Waals surface area contributed by atoms with E-state index in [0.29, 0.717) is 0 Å². The first-order valence-electron chi connectivity index (χ1n) is 6.10. The standard InChI is InChI=1S/C2H6N.Au.5F6P.H6P/c1-3-2;;5*1-7(2,3,4,5)6;/h1-2H3;;;;;;;1H6/q-1;+3;5*-1;+3. The van der Waals surface area contributed by atoms with E-state index in [9.17, 15) is 126 Å². The SMILES string of the molecule is C[N](C)[Au+2].F[P-](F)(F)(F)(F)F.F[P-](F)(F)(F)(F)F.F[P-](F)(F)(F)(F)F.F[P-](F)(F)(F)(F)F.F[P-](F)(F)(F)(F)F.[PH6+3]. The van der Waals surface area contributed by atoms with Crippen LogP contribution < -0.4 is 0 Å². The van der Waals surface area contributed by atoms with Gasteiger partial charge in [-0.25, -0.2) is 0 Å². The first-order valence-corrected chi connectivity index (χ1v) is 17.2. The third-order valence-electron chi connectivity index (χ3n) is 0. The summed E-state index contributed by atoms with van der Waals surface area (Å²) in [6.45, 7) is 0. The zero-order valence-electron chi connectivity index (χ0n) is 16.3. The van der Waals surface area contributed by atoms with Gasteiger partial charge in [-0.05, 0) is 0 Å². The van der Waals surface area contributed by atoms with E-state index in [1.54, 1.807) is 0 Å². The van der Waals surface area contributed by atoms with Crippen LogP contribution in [0, 0.1) is 0 Å². The quantitative estimate of drug-likeness (QED) is 0.133. The molecule has 0 aromatic heterocycles. The smallest absolute Gasteiger partial charge is 0.295 e. The minimum atomic E-state index is -10.7. The van der Waals surface area contributed by atoms with Gasteiger partial charge in [-0.15, -0.1) is 0 Å². The summed E-state index contributed by atoms with van der Waals surface area (Å²) in [5.41, 5.74) is 0. The number of rotatable bonds is 0. The average Bonchev–Trinajstić information content (AvgIpc) is 1.78. The number of halogens is 30. The molecule has 38 heteroatoms. The monoisotopic (exact) mass is 1000 g/mol. The molecule has 0 heterocycles. The molecule has 0 aliphatic carbocycles. The van der Waals surface area contributed by atoms with E-state index in [2.05, 4.69) is 21.3 Å².